The van der Waals surface area contributed by atoms with Gasteiger partial charge in [-0.2, -0.15) is 0 Å². The number of aromatic hydroxyl groups is 2. The van der Waals surface area contributed by atoms with Gasteiger partial charge in [-0.05, 0) is 35.9 Å². The summed E-state index contributed by atoms with van der Waals surface area (Å²) in [5.74, 6) is -0.242. The summed E-state index contributed by atoms with van der Waals surface area (Å²) >= 11 is 17.6. The first kappa shape index (κ1) is 12.4. The third kappa shape index (κ3) is 2.29. The van der Waals surface area contributed by atoms with E-state index < -0.39 is 0 Å². The fourth-order valence-corrected chi connectivity index (χ4v) is 2.10. The lowest BCUT2D eigenvalue weighted by molar-refractivity contribution is 0.476. The molecule has 0 aliphatic rings. The van der Waals surface area contributed by atoms with Crippen LogP contribution in [0.25, 0.3) is 11.1 Å². The lowest BCUT2D eigenvalue weighted by Gasteiger charge is -2.08. The molecule has 87 valence electrons. The van der Waals surface area contributed by atoms with Gasteiger partial charge in [-0.1, -0.05) is 34.8 Å². The van der Waals surface area contributed by atoms with Crippen LogP contribution in [0, 0.1) is 6.07 Å². The molecule has 0 amide bonds. The molecule has 2 N–H and O–H groups in total. The van der Waals surface area contributed by atoms with Gasteiger partial charge >= 0.3 is 0 Å². The Balaban J connectivity index is 2.65. The van der Waals surface area contributed by atoms with Gasteiger partial charge in [0.05, 0.1) is 15.1 Å². The first-order valence-corrected chi connectivity index (χ1v) is 5.71. The Kier molecular flexibility index (Phi) is 3.38. The highest BCUT2D eigenvalue weighted by molar-refractivity contribution is 6.38. The predicted octanol–water partition coefficient (Wildman–Crippen LogP) is 4.53. The van der Waals surface area contributed by atoms with Crippen molar-refractivity contribution in [1.29, 1.82) is 0 Å². The molecule has 2 rings (SSSR count). The van der Waals surface area contributed by atoms with Crippen molar-refractivity contribution in [2.75, 3.05) is 0 Å². The summed E-state index contributed by atoms with van der Waals surface area (Å²) < 4.78 is 0. The molecule has 0 atom stereocenters. The Hall–Kier alpha value is -1.09. The van der Waals surface area contributed by atoms with Crippen molar-refractivity contribution in [1.82, 2.24) is 0 Å². The quantitative estimate of drug-likeness (QED) is 0.809. The van der Waals surface area contributed by atoms with E-state index in [1.807, 2.05) is 0 Å². The smallest absolute Gasteiger partial charge is 0.152 e. The molecule has 1 radical (unpaired) electrons. The second-order valence-electron chi connectivity index (χ2n) is 3.34. The van der Waals surface area contributed by atoms with Crippen molar-refractivity contribution < 1.29 is 10.2 Å². The predicted molar refractivity (Wildman–Crippen MR) is 69.1 cm³/mol. The van der Waals surface area contributed by atoms with Crippen LogP contribution in [0.3, 0.4) is 0 Å². The van der Waals surface area contributed by atoms with Crippen molar-refractivity contribution in [3.63, 3.8) is 0 Å². The highest BCUT2D eigenvalue weighted by Gasteiger charge is 2.12. The van der Waals surface area contributed by atoms with Gasteiger partial charge in [0.2, 0.25) is 0 Å². The Morgan fingerprint density at radius 3 is 2.18 bits per heavy atom. The molecule has 0 aliphatic carbocycles. The summed E-state index contributed by atoms with van der Waals surface area (Å²) in [6, 6.07) is 8.84. The molecule has 0 fully saturated rings. The summed E-state index contributed by atoms with van der Waals surface area (Å²) in [4.78, 5) is 0. The van der Waals surface area contributed by atoms with Crippen LogP contribution in [0.2, 0.25) is 15.1 Å². The van der Waals surface area contributed by atoms with Gasteiger partial charge in [0, 0.05) is 5.56 Å². The topological polar surface area (TPSA) is 40.5 Å². The maximum atomic E-state index is 9.49. The van der Waals surface area contributed by atoms with Crippen molar-refractivity contribution in [3.8, 4) is 22.6 Å². The second kappa shape index (κ2) is 4.65. The summed E-state index contributed by atoms with van der Waals surface area (Å²) in [5.41, 5.74) is 1.04. The summed E-state index contributed by atoms with van der Waals surface area (Å²) in [6.07, 6.45) is 0. The molecule has 0 spiro atoms. The maximum absolute atomic E-state index is 9.49. The molecule has 17 heavy (non-hydrogen) atoms. The van der Waals surface area contributed by atoms with E-state index in [1.165, 1.54) is 24.3 Å². The zero-order valence-corrected chi connectivity index (χ0v) is 10.6. The van der Waals surface area contributed by atoms with E-state index in [9.17, 15) is 10.2 Å². The molecule has 0 bridgehead atoms. The van der Waals surface area contributed by atoms with E-state index >= 15 is 0 Å². The van der Waals surface area contributed by atoms with Crippen LogP contribution in [0.15, 0.2) is 24.3 Å². The number of benzene rings is 2. The first-order valence-electron chi connectivity index (χ1n) is 4.58. The molecule has 0 saturated carbocycles. The summed E-state index contributed by atoms with van der Waals surface area (Å²) in [5, 5.41) is 19.3. The minimum Gasteiger partial charge on any atom is -0.506 e. The van der Waals surface area contributed by atoms with Crippen LogP contribution in [-0.4, -0.2) is 10.2 Å². The number of hydrogen-bond donors (Lipinski definition) is 2. The fraction of sp³-hybridized carbons (Fsp3) is 0. The van der Waals surface area contributed by atoms with Gasteiger partial charge in [0.15, 0.2) is 5.75 Å². The third-order valence-corrected chi connectivity index (χ3v) is 3.18. The third-order valence-electron chi connectivity index (χ3n) is 2.22. The Morgan fingerprint density at radius 2 is 1.59 bits per heavy atom. The minimum atomic E-state index is -0.187. The van der Waals surface area contributed by atoms with Gasteiger partial charge in [-0.3, -0.25) is 0 Å². The molecule has 0 heterocycles. The van der Waals surface area contributed by atoms with E-state index in [0.29, 0.717) is 11.1 Å². The fourth-order valence-electron chi connectivity index (χ4n) is 1.39. The van der Waals surface area contributed by atoms with Crippen LogP contribution in [0.5, 0.6) is 11.5 Å². The second-order valence-corrected chi connectivity index (χ2v) is 4.53. The number of rotatable bonds is 1. The SMILES string of the molecule is Oc1cc[c]c(-c2cc(Cl)c(O)c(Cl)c2)c1Cl. The molecular weight excluding hydrogens is 282 g/mol. The van der Waals surface area contributed by atoms with Crippen LogP contribution < -0.4 is 0 Å². The monoisotopic (exact) mass is 287 g/mol. The highest BCUT2D eigenvalue weighted by atomic mass is 35.5. The molecule has 0 aromatic heterocycles. The maximum Gasteiger partial charge on any atom is 0.152 e. The molecule has 2 aromatic rings. The normalized spacial score (nSPS) is 10.5. The Morgan fingerprint density at radius 1 is 1.00 bits per heavy atom. The van der Waals surface area contributed by atoms with Crippen molar-refractivity contribution in [2.45, 2.75) is 0 Å². The zero-order chi connectivity index (χ0) is 12.6. The molecule has 5 heteroatoms. The van der Waals surface area contributed by atoms with Crippen molar-refractivity contribution in [2.24, 2.45) is 0 Å². The van der Waals surface area contributed by atoms with E-state index in [0.717, 1.165) is 0 Å². The average Bonchev–Trinajstić information content (AvgIpc) is 2.29. The van der Waals surface area contributed by atoms with E-state index in [-0.39, 0.29) is 26.6 Å². The zero-order valence-electron chi connectivity index (χ0n) is 8.34. The van der Waals surface area contributed by atoms with Crippen LogP contribution in [-0.2, 0) is 0 Å². The van der Waals surface area contributed by atoms with Gasteiger partial charge in [0.1, 0.15) is 5.75 Å². The molecule has 0 aliphatic heterocycles. The van der Waals surface area contributed by atoms with Gasteiger partial charge < -0.3 is 10.2 Å². The van der Waals surface area contributed by atoms with E-state index in [4.69, 9.17) is 34.8 Å². The van der Waals surface area contributed by atoms with Crippen molar-refractivity contribution in [3.05, 3.63) is 45.4 Å². The highest BCUT2D eigenvalue weighted by Crippen LogP contribution is 2.40. The number of hydrogen-bond acceptors (Lipinski definition) is 2. The average molecular weight is 289 g/mol. The van der Waals surface area contributed by atoms with E-state index in [1.54, 1.807) is 0 Å². The van der Waals surface area contributed by atoms with E-state index in [2.05, 4.69) is 6.07 Å². The van der Waals surface area contributed by atoms with Gasteiger partial charge in [-0.15, -0.1) is 0 Å². The van der Waals surface area contributed by atoms with Crippen molar-refractivity contribution >= 4 is 34.8 Å². The van der Waals surface area contributed by atoms with Crippen LogP contribution >= 0.6 is 34.8 Å². The summed E-state index contributed by atoms with van der Waals surface area (Å²) in [6.45, 7) is 0. The molecular formula is C12H6Cl3O2. The largest absolute Gasteiger partial charge is 0.506 e. The summed E-state index contributed by atoms with van der Waals surface area (Å²) in [7, 11) is 0. The lowest BCUT2D eigenvalue weighted by Crippen LogP contribution is -1.82. The number of phenols is 2. The number of phenolic OH excluding ortho intramolecular Hbond substituents is 2. The lowest BCUT2D eigenvalue weighted by atomic mass is 10.1. The Bertz CT molecular complexity index is 559. The van der Waals surface area contributed by atoms with Gasteiger partial charge in [0.25, 0.3) is 0 Å². The standard InChI is InChI=1S/C12H6Cl3O2/c13-8-4-6(5-9(14)12(8)17)7-2-1-3-10(16)11(7)15/h1,3-5,16-17H. The van der Waals surface area contributed by atoms with Crippen LogP contribution in [0.1, 0.15) is 0 Å². The molecule has 0 unspecified atom stereocenters. The molecule has 2 nitrogen and oxygen atoms in total. The number of halogens is 3. The van der Waals surface area contributed by atoms with Gasteiger partial charge in [-0.25, -0.2) is 0 Å². The first-order chi connectivity index (χ1) is 8.00. The van der Waals surface area contributed by atoms with Crippen LogP contribution in [0.4, 0.5) is 0 Å². The molecule has 0 saturated heterocycles. The molecule has 2 aromatic carbocycles. The minimum absolute atomic E-state index is 0.0549. The Labute approximate surface area is 113 Å².